The number of hydrogen-bond donors (Lipinski definition) is 0. The number of hydrogen-bond acceptors (Lipinski definition) is 5. The number of alkyl halides is 3. The molecule has 0 fully saturated rings. The molecule has 0 spiro atoms. The Balaban J connectivity index is 1.83. The van der Waals surface area contributed by atoms with Gasteiger partial charge in [-0.3, -0.25) is 4.98 Å². The fraction of sp³-hybridized carbons (Fsp3) is 0.286. The molecule has 5 nitrogen and oxygen atoms in total. The van der Waals surface area contributed by atoms with Crippen molar-refractivity contribution in [1.29, 1.82) is 0 Å². The van der Waals surface area contributed by atoms with Gasteiger partial charge in [0, 0.05) is 55.9 Å². The summed E-state index contributed by atoms with van der Waals surface area (Å²) in [7, 11) is 1.99. The molecule has 4 rings (SSSR count). The molecule has 1 aliphatic rings. The molecular weight excluding hydrogens is 379 g/mol. The number of para-hydroxylation sites is 1. The predicted octanol–water partition coefficient (Wildman–Crippen LogP) is 4.40. The number of aromatic nitrogens is 3. The number of nitrogens with zero attached hydrogens (tertiary/aromatic N) is 5. The second kappa shape index (κ2) is 7.35. The molecular formula is C21H20F3N5. The highest BCUT2D eigenvalue weighted by Gasteiger charge is 2.35. The average molecular weight is 399 g/mol. The Kier molecular flexibility index (Phi) is 4.86. The zero-order valence-electron chi connectivity index (χ0n) is 16.1. The highest BCUT2D eigenvalue weighted by atomic mass is 19.4. The van der Waals surface area contributed by atoms with Gasteiger partial charge in [-0.05, 0) is 30.7 Å². The minimum absolute atomic E-state index is 0.0148. The Hall–Kier alpha value is -3.16. The van der Waals surface area contributed by atoms with Crippen LogP contribution in [0.5, 0.6) is 0 Å². The van der Waals surface area contributed by atoms with E-state index in [4.69, 9.17) is 0 Å². The third kappa shape index (κ3) is 3.87. The van der Waals surface area contributed by atoms with Crippen LogP contribution < -0.4 is 9.80 Å². The summed E-state index contributed by atoms with van der Waals surface area (Å²) in [6.45, 7) is 3.11. The standard InChI is InChI=1S/C21H20F3N5/c1-14-12-28(2)17-8-4-3-6-16(17)13-29(14)19-10-18(21(22,23)24)26-20(27-19)15-7-5-9-25-11-15/h3-11,14H,12-13H2,1-2H3. The van der Waals surface area contributed by atoms with Gasteiger partial charge >= 0.3 is 6.18 Å². The van der Waals surface area contributed by atoms with Crippen molar-refractivity contribution in [1.82, 2.24) is 15.0 Å². The third-order valence-electron chi connectivity index (χ3n) is 5.03. The average Bonchev–Trinajstić information content (AvgIpc) is 2.84. The van der Waals surface area contributed by atoms with Crippen LogP contribution in [-0.4, -0.2) is 34.6 Å². The van der Waals surface area contributed by atoms with E-state index in [1.165, 1.54) is 6.20 Å². The normalized spacial score (nSPS) is 17.1. The molecule has 29 heavy (non-hydrogen) atoms. The molecule has 1 unspecified atom stereocenters. The summed E-state index contributed by atoms with van der Waals surface area (Å²) in [6, 6.07) is 12.2. The first-order valence-corrected chi connectivity index (χ1v) is 9.25. The van der Waals surface area contributed by atoms with Crippen LogP contribution >= 0.6 is 0 Å². The second-order valence-corrected chi connectivity index (χ2v) is 7.16. The van der Waals surface area contributed by atoms with Crippen molar-refractivity contribution in [2.75, 3.05) is 23.4 Å². The number of rotatable bonds is 2. The number of halogens is 3. The first-order chi connectivity index (χ1) is 13.8. The fourth-order valence-corrected chi connectivity index (χ4v) is 3.61. The quantitative estimate of drug-likeness (QED) is 0.639. The van der Waals surface area contributed by atoms with Gasteiger partial charge in [0.25, 0.3) is 0 Å². The first kappa shape index (κ1) is 19.2. The zero-order chi connectivity index (χ0) is 20.6. The minimum atomic E-state index is -4.57. The van der Waals surface area contributed by atoms with Crippen molar-refractivity contribution in [3.05, 3.63) is 66.1 Å². The van der Waals surface area contributed by atoms with E-state index in [0.717, 1.165) is 17.3 Å². The summed E-state index contributed by atoms with van der Waals surface area (Å²) < 4.78 is 40.7. The van der Waals surface area contributed by atoms with Gasteiger partial charge in [0.05, 0.1) is 0 Å². The van der Waals surface area contributed by atoms with Gasteiger partial charge in [-0.1, -0.05) is 18.2 Å². The van der Waals surface area contributed by atoms with Crippen molar-refractivity contribution >= 4 is 11.5 Å². The van der Waals surface area contributed by atoms with Crippen LogP contribution in [0, 0.1) is 0 Å². The van der Waals surface area contributed by atoms with Crippen LogP contribution in [0.4, 0.5) is 24.7 Å². The van der Waals surface area contributed by atoms with Gasteiger partial charge < -0.3 is 9.80 Å². The Bertz CT molecular complexity index is 1010. The number of pyridine rings is 1. The lowest BCUT2D eigenvalue weighted by Crippen LogP contribution is -2.38. The maximum atomic E-state index is 13.6. The van der Waals surface area contributed by atoms with Gasteiger partial charge in [0.1, 0.15) is 5.82 Å². The molecule has 2 aromatic heterocycles. The molecule has 3 aromatic rings. The monoisotopic (exact) mass is 399 g/mol. The van der Waals surface area contributed by atoms with E-state index in [2.05, 4.69) is 19.9 Å². The van der Waals surface area contributed by atoms with Crippen LogP contribution in [0.2, 0.25) is 0 Å². The zero-order valence-corrected chi connectivity index (χ0v) is 16.1. The van der Waals surface area contributed by atoms with Crippen molar-refractivity contribution in [3.8, 4) is 11.4 Å². The molecule has 0 saturated heterocycles. The third-order valence-corrected chi connectivity index (χ3v) is 5.03. The summed E-state index contributed by atoms with van der Waals surface area (Å²) in [4.78, 5) is 16.3. The lowest BCUT2D eigenvalue weighted by Gasteiger charge is -2.30. The maximum Gasteiger partial charge on any atom is 0.433 e. The molecule has 8 heteroatoms. The number of anilines is 2. The lowest BCUT2D eigenvalue weighted by atomic mass is 10.1. The second-order valence-electron chi connectivity index (χ2n) is 7.16. The summed E-state index contributed by atoms with van der Waals surface area (Å²) in [5.41, 5.74) is 1.59. The molecule has 1 aliphatic heterocycles. The van der Waals surface area contributed by atoms with Crippen molar-refractivity contribution < 1.29 is 13.2 Å². The highest BCUT2D eigenvalue weighted by molar-refractivity contribution is 5.60. The van der Waals surface area contributed by atoms with Gasteiger partial charge in [-0.2, -0.15) is 13.2 Å². The Labute approximate surface area is 166 Å². The van der Waals surface area contributed by atoms with Crippen LogP contribution in [-0.2, 0) is 12.7 Å². The van der Waals surface area contributed by atoms with Crippen molar-refractivity contribution in [3.63, 3.8) is 0 Å². The largest absolute Gasteiger partial charge is 0.433 e. The number of fused-ring (bicyclic) bond motifs is 1. The van der Waals surface area contributed by atoms with Crippen molar-refractivity contribution in [2.45, 2.75) is 25.7 Å². The molecule has 0 N–H and O–H groups in total. The van der Waals surface area contributed by atoms with E-state index in [1.54, 1.807) is 18.3 Å². The van der Waals surface area contributed by atoms with E-state index >= 15 is 0 Å². The van der Waals surface area contributed by atoms with E-state index in [-0.39, 0.29) is 17.7 Å². The first-order valence-electron chi connectivity index (χ1n) is 9.25. The molecule has 150 valence electrons. The van der Waals surface area contributed by atoms with Gasteiger partial charge in [0.15, 0.2) is 11.5 Å². The lowest BCUT2D eigenvalue weighted by molar-refractivity contribution is -0.141. The maximum absolute atomic E-state index is 13.6. The fourth-order valence-electron chi connectivity index (χ4n) is 3.61. The summed E-state index contributed by atoms with van der Waals surface area (Å²) >= 11 is 0. The molecule has 0 bridgehead atoms. The van der Waals surface area contributed by atoms with Crippen molar-refractivity contribution in [2.24, 2.45) is 0 Å². The summed E-state index contributed by atoms with van der Waals surface area (Å²) in [5, 5.41) is 0. The van der Waals surface area contributed by atoms with Crippen LogP contribution in [0.1, 0.15) is 18.2 Å². The predicted molar refractivity (Wildman–Crippen MR) is 106 cm³/mol. The smallest absolute Gasteiger partial charge is 0.372 e. The van der Waals surface area contributed by atoms with E-state index in [0.29, 0.717) is 18.7 Å². The van der Waals surface area contributed by atoms with Crippen LogP contribution in [0.15, 0.2) is 54.9 Å². The van der Waals surface area contributed by atoms with Crippen LogP contribution in [0.25, 0.3) is 11.4 Å². The van der Waals surface area contributed by atoms with Gasteiger partial charge in [0.2, 0.25) is 0 Å². The number of benzene rings is 1. The topological polar surface area (TPSA) is 45.2 Å². The molecule has 0 amide bonds. The summed E-state index contributed by atoms with van der Waals surface area (Å²) in [6.07, 6.45) is -1.55. The van der Waals surface area contributed by atoms with E-state index < -0.39 is 11.9 Å². The molecule has 0 radical (unpaired) electrons. The Morgan fingerprint density at radius 1 is 1.07 bits per heavy atom. The van der Waals surface area contributed by atoms with Crippen LogP contribution in [0.3, 0.4) is 0 Å². The minimum Gasteiger partial charge on any atom is -0.372 e. The van der Waals surface area contributed by atoms with Gasteiger partial charge in [-0.15, -0.1) is 0 Å². The highest BCUT2D eigenvalue weighted by Crippen LogP contribution is 2.34. The molecule has 1 atom stereocenters. The molecule has 0 saturated carbocycles. The molecule has 1 aromatic carbocycles. The van der Waals surface area contributed by atoms with E-state index in [1.807, 2.05) is 43.1 Å². The SMILES string of the molecule is CC1CN(C)c2ccccc2CN1c1cc(C(F)(F)F)nc(-c2cccnc2)n1. The molecule has 3 heterocycles. The Morgan fingerprint density at radius 2 is 1.86 bits per heavy atom. The number of likely N-dealkylation sites (N-methyl/N-ethyl adjacent to an activating group) is 1. The molecule has 0 aliphatic carbocycles. The van der Waals surface area contributed by atoms with Gasteiger partial charge in [-0.25, -0.2) is 9.97 Å². The van der Waals surface area contributed by atoms with E-state index in [9.17, 15) is 13.2 Å². The Morgan fingerprint density at radius 3 is 2.59 bits per heavy atom. The summed E-state index contributed by atoms with van der Waals surface area (Å²) in [5.74, 6) is 0.268.